The quantitative estimate of drug-likeness (QED) is 0.234. The molecule has 0 fully saturated rings. The Morgan fingerprint density at radius 1 is 0.903 bits per heavy atom. The molecular formula is C26H28N2O3. The SMILES string of the molecule is CCOC(=O)C(c1ccccc1)C(C/C(=N/N)c1ccccc1)c1ccc(OC)cc1. The van der Waals surface area contributed by atoms with Gasteiger partial charge in [0, 0.05) is 12.3 Å². The molecule has 0 aromatic heterocycles. The summed E-state index contributed by atoms with van der Waals surface area (Å²) in [6.07, 6.45) is 0.477. The zero-order valence-corrected chi connectivity index (χ0v) is 17.9. The molecule has 0 amide bonds. The van der Waals surface area contributed by atoms with Crippen LogP contribution < -0.4 is 10.6 Å². The van der Waals surface area contributed by atoms with E-state index in [2.05, 4.69) is 5.10 Å². The van der Waals surface area contributed by atoms with Gasteiger partial charge in [-0.2, -0.15) is 5.10 Å². The standard InChI is InChI=1S/C26H28N2O3/c1-3-31-26(29)25(21-12-8-5-9-13-21)23(19-14-16-22(30-2)17-15-19)18-24(28-27)20-10-6-4-7-11-20/h4-17,23,25H,3,18,27H2,1-2H3/b28-24-. The van der Waals surface area contributed by atoms with Crippen molar-refractivity contribution in [2.75, 3.05) is 13.7 Å². The maximum Gasteiger partial charge on any atom is 0.314 e. The third-order valence-electron chi connectivity index (χ3n) is 5.32. The molecule has 0 saturated heterocycles. The van der Waals surface area contributed by atoms with Gasteiger partial charge in [-0.1, -0.05) is 72.8 Å². The fraction of sp³-hybridized carbons (Fsp3) is 0.231. The molecule has 0 aliphatic heterocycles. The molecule has 0 heterocycles. The first kappa shape index (κ1) is 22.1. The van der Waals surface area contributed by atoms with Crippen LogP contribution in [0.2, 0.25) is 0 Å². The number of esters is 1. The number of ether oxygens (including phenoxy) is 2. The molecule has 3 aromatic rings. The van der Waals surface area contributed by atoms with Crippen LogP contribution in [0.5, 0.6) is 5.75 Å². The van der Waals surface area contributed by atoms with Gasteiger partial charge in [0.25, 0.3) is 0 Å². The van der Waals surface area contributed by atoms with E-state index in [0.717, 1.165) is 28.2 Å². The molecule has 0 saturated carbocycles. The Bertz CT molecular complexity index is 986. The summed E-state index contributed by atoms with van der Waals surface area (Å²) in [6.45, 7) is 2.13. The second-order valence-electron chi connectivity index (χ2n) is 7.17. The van der Waals surface area contributed by atoms with Gasteiger partial charge in [-0.15, -0.1) is 0 Å². The number of methoxy groups -OCH3 is 1. The van der Waals surface area contributed by atoms with Crippen molar-refractivity contribution in [1.29, 1.82) is 0 Å². The molecule has 31 heavy (non-hydrogen) atoms. The molecule has 0 bridgehead atoms. The molecule has 2 unspecified atom stereocenters. The summed E-state index contributed by atoms with van der Waals surface area (Å²) < 4.78 is 10.8. The maximum absolute atomic E-state index is 13.2. The van der Waals surface area contributed by atoms with Crippen molar-refractivity contribution in [3.05, 3.63) is 102 Å². The summed E-state index contributed by atoms with van der Waals surface area (Å²) in [5, 5.41) is 4.08. The zero-order valence-electron chi connectivity index (χ0n) is 17.9. The van der Waals surface area contributed by atoms with Crippen LogP contribution in [0.4, 0.5) is 0 Å². The highest BCUT2D eigenvalue weighted by atomic mass is 16.5. The van der Waals surface area contributed by atoms with Crippen molar-refractivity contribution in [2.45, 2.75) is 25.2 Å². The van der Waals surface area contributed by atoms with Crippen LogP contribution >= 0.6 is 0 Å². The number of hydrogen-bond donors (Lipinski definition) is 1. The van der Waals surface area contributed by atoms with Crippen molar-refractivity contribution in [2.24, 2.45) is 10.9 Å². The van der Waals surface area contributed by atoms with Gasteiger partial charge in [0.1, 0.15) is 5.75 Å². The summed E-state index contributed by atoms with van der Waals surface area (Å²) in [4.78, 5) is 13.2. The highest BCUT2D eigenvalue weighted by Crippen LogP contribution is 2.38. The summed E-state index contributed by atoms with van der Waals surface area (Å²) in [6, 6.07) is 27.3. The molecule has 3 aromatic carbocycles. The maximum atomic E-state index is 13.2. The second-order valence-corrected chi connectivity index (χ2v) is 7.17. The van der Waals surface area contributed by atoms with E-state index in [1.54, 1.807) is 7.11 Å². The smallest absolute Gasteiger partial charge is 0.314 e. The van der Waals surface area contributed by atoms with Crippen molar-refractivity contribution in [1.82, 2.24) is 0 Å². The summed E-state index contributed by atoms with van der Waals surface area (Å²) in [5.74, 6) is 5.56. The number of benzene rings is 3. The molecule has 3 rings (SSSR count). The number of nitrogens with two attached hydrogens (primary N) is 1. The Hall–Kier alpha value is -3.60. The second kappa shape index (κ2) is 11.0. The Morgan fingerprint density at radius 2 is 1.52 bits per heavy atom. The molecule has 2 atom stereocenters. The number of carbonyl (C=O) groups is 1. The van der Waals surface area contributed by atoms with Crippen molar-refractivity contribution in [3.63, 3.8) is 0 Å². The Labute approximate surface area is 183 Å². The lowest BCUT2D eigenvalue weighted by molar-refractivity contribution is -0.145. The third kappa shape index (κ3) is 5.51. The molecular weight excluding hydrogens is 388 g/mol. The van der Waals surface area contributed by atoms with Crippen molar-refractivity contribution >= 4 is 11.7 Å². The van der Waals surface area contributed by atoms with Gasteiger partial charge in [0.2, 0.25) is 0 Å². The first-order valence-corrected chi connectivity index (χ1v) is 10.4. The molecule has 0 aliphatic carbocycles. The fourth-order valence-corrected chi connectivity index (χ4v) is 3.79. The van der Waals surface area contributed by atoms with Crippen molar-refractivity contribution in [3.8, 4) is 5.75 Å². The third-order valence-corrected chi connectivity index (χ3v) is 5.32. The highest BCUT2D eigenvalue weighted by molar-refractivity contribution is 6.01. The van der Waals surface area contributed by atoms with Gasteiger partial charge in [0.05, 0.1) is 25.3 Å². The molecule has 0 spiro atoms. The van der Waals surface area contributed by atoms with E-state index in [1.165, 1.54) is 0 Å². The van der Waals surface area contributed by atoms with Crippen LogP contribution in [-0.4, -0.2) is 25.4 Å². The van der Waals surface area contributed by atoms with E-state index >= 15 is 0 Å². The summed E-state index contributed by atoms with van der Waals surface area (Å²) in [5.41, 5.74) is 3.54. The van der Waals surface area contributed by atoms with E-state index in [-0.39, 0.29) is 11.9 Å². The van der Waals surface area contributed by atoms with Crippen molar-refractivity contribution < 1.29 is 14.3 Å². The van der Waals surface area contributed by atoms with Gasteiger partial charge in [-0.05, 0) is 35.7 Å². The minimum absolute atomic E-state index is 0.227. The lowest BCUT2D eigenvalue weighted by atomic mass is 9.77. The van der Waals surface area contributed by atoms with Gasteiger partial charge < -0.3 is 15.3 Å². The fourth-order valence-electron chi connectivity index (χ4n) is 3.79. The first-order valence-electron chi connectivity index (χ1n) is 10.4. The predicted molar refractivity (Wildman–Crippen MR) is 123 cm³/mol. The number of nitrogens with zero attached hydrogens (tertiary/aromatic N) is 1. The molecule has 2 N–H and O–H groups in total. The van der Waals surface area contributed by atoms with Crippen LogP contribution in [0.1, 0.15) is 41.9 Å². The van der Waals surface area contributed by atoms with Crippen LogP contribution in [0.15, 0.2) is 90.0 Å². The van der Waals surface area contributed by atoms with Gasteiger partial charge in [0.15, 0.2) is 0 Å². The van der Waals surface area contributed by atoms with E-state index < -0.39 is 5.92 Å². The molecule has 0 aliphatic rings. The van der Waals surface area contributed by atoms with Gasteiger partial charge in [-0.25, -0.2) is 0 Å². The van der Waals surface area contributed by atoms with E-state index in [9.17, 15) is 4.79 Å². The zero-order chi connectivity index (χ0) is 22.1. The Balaban J connectivity index is 2.08. The number of rotatable bonds is 9. The average molecular weight is 417 g/mol. The predicted octanol–water partition coefficient (Wildman–Crippen LogP) is 4.88. The average Bonchev–Trinajstić information content (AvgIpc) is 2.83. The monoisotopic (exact) mass is 416 g/mol. The van der Waals surface area contributed by atoms with E-state index in [0.29, 0.717) is 13.0 Å². The largest absolute Gasteiger partial charge is 0.497 e. The molecule has 0 radical (unpaired) electrons. The number of hydrazone groups is 1. The van der Waals surface area contributed by atoms with Crippen LogP contribution in [-0.2, 0) is 9.53 Å². The van der Waals surface area contributed by atoms with E-state index in [4.69, 9.17) is 15.3 Å². The highest BCUT2D eigenvalue weighted by Gasteiger charge is 2.33. The van der Waals surface area contributed by atoms with E-state index in [1.807, 2.05) is 91.9 Å². The number of carbonyl (C=O) groups excluding carboxylic acids is 1. The van der Waals surface area contributed by atoms with Gasteiger partial charge in [-0.3, -0.25) is 4.79 Å². The lowest BCUT2D eigenvalue weighted by Crippen LogP contribution is -2.25. The normalized spacial score (nSPS) is 13.3. The lowest BCUT2D eigenvalue weighted by Gasteiger charge is -2.27. The summed E-state index contributed by atoms with van der Waals surface area (Å²) >= 11 is 0. The topological polar surface area (TPSA) is 73.9 Å². The van der Waals surface area contributed by atoms with Crippen LogP contribution in [0.3, 0.4) is 0 Å². The molecule has 160 valence electrons. The first-order chi connectivity index (χ1) is 15.2. The van der Waals surface area contributed by atoms with Gasteiger partial charge >= 0.3 is 5.97 Å². The molecule has 5 nitrogen and oxygen atoms in total. The summed E-state index contributed by atoms with van der Waals surface area (Å²) in [7, 11) is 1.63. The Morgan fingerprint density at radius 3 is 2.06 bits per heavy atom. The van der Waals surface area contributed by atoms with Crippen LogP contribution in [0.25, 0.3) is 0 Å². The minimum atomic E-state index is -0.505. The Kier molecular flexibility index (Phi) is 7.82. The minimum Gasteiger partial charge on any atom is -0.497 e. The molecule has 5 heteroatoms. The van der Waals surface area contributed by atoms with Crippen LogP contribution in [0, 0.1) is 0 Å². The number of hydrogen-bond acceptors (Lipinski definition) is 5.